The average Bonchev–Trinajstić information content (AvgIpc) is 3.72. The van der Waals surface area contributed by atoms with Crippen LogP contribution in [-0.4, -0.2) is 99.9 Å². The number of hydrogen-bond donors (Lipinski definition) is 3. The zero-order chi connectivity index (χ0) is 34.6. The van der Waals surface area contributed by atoms with Crippen molar-refractivity contribution in [3.63, 3.8) is 0 Å². The number of hydrogen-bond acceptors (Lipinski definition) is 12. The topological polar surface area (TPSA) is 164 Å². The highest BCUT2D eigenvalue weighted by atomic mass is 79.9. The molecule has 5 aromatic rings. The third-order valence-electron chi connectivity index (χ3n) is 7.96. The summed E-state index contributed by atoms with van der Waals surface area (Å²) in [5, 5.41) is 18.7. The number of rotatable bonds is 9. The molecule has 0 saturated carbocycles. The van der Waals surface area contributed by atoms with Crippen molar-refractivity contribution in [3.8, 4) is 16.9 Å². The summed E-state index contributed by atoms with van der Waals surface area (Å²) >= 11 is 3.58. The highest BCUT2D eigenvalue weighted by molar-refractivity contribution is 9.10. The van der Waals surface area contributed by atoms with Gasteiger partial charge in [0.05, 0.1) is 40.0 Å². The van der Waals surface area contributed by atoms with E-state index in [1.54, 1.807) is 43.7 Å². The minimum absolute atomic E-state index is 0.250. The second-order valence-corrected chi connectivity index (χ2v) is 15.8. The molecule has 3 aromatic heterocycles. The number of methoxy groups -OCH3 is 1. The van der Waals surface area contributed by atoms with E-state index in [1.165, 1.54) is 0 Å². The largest absolute Gasteiger partial charge is 0.494 e. The lowest BCUT2D eigenvalue weighted by molar-refractivity contribution is -0.122. The van der Waals surface area contributed by atoms with Gasteiger partial charge in [-0.15, -0.1) is 0 Å². The van der Waals surface area contributed by atoms with Crippen LogP contribution in [0.1, 0.15) is 6.42 Å². The third kappa shape index (κ3) is 7.59. The van der Waals surface area contributed by atoms with E-state index in [1.807, 2.05) is 31.6 Å². The smallest absolute Gasteiger partial charge is 0.290 e. The lowest BCUT2D eigenvalue weighted by Gasteiger charge is -2.25. The van der Waals surface area contributed by atoms with Crippen LogP contribution in [0.5, 0.6) is 5.75 Å². The van der Waals surface area contributed by atoms with Gasteiger partial charge in [-0.1, -0.05) is 0 Å². The SMILES string of the molecule is COc1cc(N2CCC(N(C)C)C2)c(-c2cnn(C)c2)cc1Nc1ncc(Br)c(Nc2ccc3nccnc3c2P(C)(C)=O)n1.O=CO. The predicted molar refractivity (Wildman–Crippen MR) is 193 cm³/mol. The summed E-state index contributed by atoms with van der Waals surface area (Å²) in [6.45, 7) is 5.07. The Morgan fingerprint density at radius 2 is 1.85 bits per heavy atom. The van der Waals surface area contributed by atoms with E-state index in [2.05, 4.69) is 82.6 Å². The number of halogens is 1. The van der Waals surface area contributed by atoms with Crippen molar-refractivity contribution in [2.75, 3.05) is 63.2 Å². The van der Waals surface area contributed by atoms with Crippen molar-refractivity contribution in [1.29, 1.82) is 0 Å². The van der Waals surface area contributed by atoms with Gasteiger partial charge in [0.15, 0.2) is 0 Å². The first-order valence-corrected chi connectivity index (χ1v) is 18.4. The number of fused-ring (bicyclic) bond motifs is 1. The van der Waals surface area contributed by atoms with E-state index in [4.69, 9.17) is 19.6 Å². The summed E-state index contributed by atoms with van der Waals surface area (Å²) in [5.74, 6) is 1.52. The van der Waals surface area contributed by atoms with Crippen LogP contribution in [-0.2, 0) is 16.4 Å². The summed E-state index contributed by atoms with van der Waals surface area (Å²) in [5.41, 5.74) is 5.75. The highest BCUT2D eigenvalue weighted by Gasteiger charge is 2.28. The number of aromatic nitrogens is 6. The Balaban J connectivity index is 0.00000145. The summed E-state index contributed by atoms with van der Waals surface area (Å²) in [6.07, 6.45) is 9.87. The molecule has 0 aliphatic carbocycles. The number of carboxylic acid groups (broad SMARTS) is 1. The van der Waals surface area contributed by atoms with E-state index in [0.717, 1.165) is 36.3 Å². The lowest BCUT2D eigenvalue weighted by atomic mass is 10.0. The molecule has 6 rings (SSSR count). The molecule has 0 bridgehead atoms. The summed E-state index contributed by atoms with van der Waals surface area (Å²) in [7, 11) is 5.07. The molecule has 48 heavy (non-hydrogen) atoms. The quantitative estimate of drug-likeness (QED) is 0.134. The molecule has 1 saturated heterocycles. The number of nitrogens with zero attached hydrogens (tertiary/aromatic N) is 8. The molecule has 1 atom stereocenters. The Morgan fingerprint density at radius 3 is 2.50 bits per heavy atom. The van der Waals surface area contributed by atoms with Crippen molar-refractivity contribution in [2.45, 2.75) is 12.5 Å². The number of likely N-dealkylation sites (N-methyl/N-ethyl adjacent to an activating group) is 1. The van der Waals surface area contributed by atoms with E-state index >= 15 is 0 Å². The van der Waals surface area contributed by atoms with Crippen LogP contribution < -0.4 is 25.6 Å². The van der Waals surface area contributed by atoms with E-state index in [0.29, 0.717) is 55.7 Å². The Kier molecular flexibility index (Phi) is 10.6. The van der Waals surface area contributed by atoms with Gasteiger partial charge in [0, 0.05) is 73.8 Å². The van der Waals surface area contributed by atoms with Gasteiger partial charge >= 0.3 is 0 Å². The number of carbonyl (C=O) groups is 1. The predicted octanol–water partition coefficient (Wildman–Crippen LogP) is 5.17. The maximum absolute atomic E-state index is 13.4. The number of benzene rings is 2. The molecular weight excluding hydrogens is 699 g/mol. The van der Waals surface area contributed by atoms with Gasteiger partial charge in [-0.05, 0) is 68.0 Å². The summed E-state index contributed by atoms with van der Waals surface area (Å²) in [4.78, 5) is 31.2. The maximum Gasteiger partial charge on any atom is 0.290 e. The molecule has 0 spiro atoms. The van der Waals surface area contributed by atoms with Crippen LogP contribution in [0, 0.1) is 0 Å². The third-order valence-corrected chi connectivity index (χ3v) is 10.1. The molecule has 0 radical (unpaired) electrons. The standard InChI is InChI=1S/C31H36BrN10O2P.CH2O2/c1-40(2)20-9-12-42(18-20)26-14-27(44-4)25(13-21(26)19-15-36-41(3)17-19)38-31-35-16-22(32)30(39-31)37-24-8-7-23-28(34-11-10-33-23)29(24)45(5,6)43;2-1-3/h7-8,10-11,13-17,20H,9,12,18H2,1-6H3,(H2,35,37,38,39);1H,(H,2,3). The number of aryl methyl sites for hydroxylation is 1. The van der Waals surface area contributed by atoms with Gasteiger partial charge in [0.1, 0.15) is 24.2 Å². The second kappa shape index (κ2) is 14.7. The minimum Gasteiger partial charge on any atom is -0.494 e. The number of nitrogens with one attached hydrogen (secondary N) is 2. The van der Waals surface area contributed by atoms with Gasteiger partial charge in [-0.2, -0.15) is 10.1 Å². The summed E-state index contributed by atoms with van der Waals surface area (Å²) < 4.78 is 21.8. The fourth-order valence-corrected chi connectivity index (χ4v) is 7.39. The summed E-state index contributed by atoms with van der Waals surface area (Å²) in [6, 6.07) is 8.32. The Labute approximate surface area is 287 Å². The molecule has 14 nitrogen and oxygen atoms in total. The van der Waals surface area contributed by atoms with Gasteiger partial charge in [-0.3, -0.25) is 19.4 Å². The zero-order valence-electron chi connectivity index (χ0n) is 27.5. The molecule has 1 aliphatic heterocycles. The monoisotopic (exact) mass is 736 g/mol. The van der Waals surface area contributed by atoms with Crippen molar-refractivity contribution in [2.24, 2.45) is 7.05 Å². The molecule has 4 heterocycles. The second-order valence-electron chi connectivity index (χ2n) is 11.8. The highest BCUT2D eigenvalue weighted by Crippen LogP contribution is 2.43. The fraction of sp³-hybridized carbons (Fsp3) is 0.312. The van der Waals surface area contributed by atoms with Gasteiger partial charge in [-0.25, -0.2) is 4.98 Å². The molecule has 16 heteroatoms. The Morgan fingerprint density at radius 1 is 1.10 bits per heavy atom. The molecule has 3 N–H and O–H groups in total. The van der Waals surface area contributed by atoms with Crippen molar-refractivity contribution >= 4 is 74.7 Å². The maximum atomic E-state index is 13.4. The molecular formula is C32H38BrN10O4P. The average molecular weight is 738 g/mol. The van der Waals surface area contributed by atoms with Crippen molar-refractivity contribution in [1.82, 2.24) is 34.6 Å². The number of anilines is 5. The van der Waals surface area contributed by atoms with Crippen LogP contribution in [0.4, 0.5) is 28.8 Å². The number of ether oxygens (including phenoxy) is 1. The first kappa shape index (κ1) is 34.7. The van der Waals surface area contributed by atoms with Crippen LogP contribution in [0.3, 0.4) is 0 Å². The zero-order valence-corrected chi connectivity index (χ0v) is 30.0. The molecule has 0 amide bonds. The molecule has 252 valence electrons. The first-order chi connectivity index (χ1) is 22.9. The molecule has 2 aromatic carbocycles. The van der Waals surface area contributed by atoms with Crippen LogP contribution in [0.15, 0.2) is 59.7 Å². The first-order valence-electron chi connectivity index (χ1n) is 15.0. The minimum atomic E-state index is -2.76. The van der Waals surface area contributed by atoms with Gasteiger partial charge in [0.2, 0.25) is 5.95 Å². The van der Waals surface area contributed by atoms with Crippen molar-refractivity contribution in [3.05, 3.63) is 59.7 Å². The normalized spacial score (nSPS) is 14.5. The molecule has 1 aliphatic rings. The van der Waals surface area contributed by atoms with Gasteiger partial charge in [0.25, 0.3) is 6.47 Å². The van der Waals surface area contributed by atoms with E-state index < -0.39 is 7.14 Å². The van der Waals surface area contributed by atoms with Gasteiger partial charge < -0.3 is 34.8 Å². The van der Waals surface area contributed by atoms with Crippen LogP contribution in [0.25, 0.3) is 22.2 Å². The van der Waals surface area contributed by atoms with E-state index in [9.17, 15) is 4.57 Å². The van der Waals surface area contributed by atoms with E-state index in [-0.39, 0.29) is 6.47 Å². The molecule has 1 unspecified atom stereocenters. The Bertz CT molecular complexity index is 1980. The van der Waals surface area contributed by atoms with Crippen molar-refractivity contribution < 1.29 is 19.2 Å². The fourth-order valence-electron chi connectivity index (χ4n) is 5.70. The lowest BCUT2D eigenvalue weighted by Crippen LogP contribution is -2.31. The van der Waals surface area contributed by atoms with Crippen LogP contribution >= 0.6 is 23.1 Å². The van der Waals surface area contributed by atoms with Crippen LogP contribution in [0.2, 0.25) is 0 Å². The molecule has 1 fully saturated rings. The Hall–Kier alpha value is -4.59.